The van der Waals surface area contributed by atoms with Gasteiger partial charge in [-0.1, -0.05) is 32.6 Å². The van der Waals surface area contributed by atoms with Crippen LogP contribution in [0.3, 0.4) is 0 Å². The summed E-state index contributed by atoms with van der Waals surface area (Å²) in [7, 11) is 0. The summed E-state index contributed by atoms with van der Waals surface area (Å²) in [6.45, 7) is 10.8. The Morgan fingerprint density at radius 1 is 1.28 bits per heavy atom. The summed E-state index contributed by atoms with van der Waals surface area (Å²) >= 11 is 0. The van der Waals surface area contributed by atoms with Gasteiger partial charge in [-0.05, 0) is 49.0 Å². The van der Waals surface area contributed by atoms with Crippen molar-refractivity contribution in [3.05, 3.63) is 42.0 Å². The van der Waals surface area contributed by atoms with Gasteiger partial charge in [0.2, 0.25) is 0 Å². The molecule has 1 rings (SSSR count). The van der Waals surface area contributed by atoms with Crippen LogP contribution in [0.15, 0.2) is 36.4 Å². The van der Waals surface area contributed by atoms with Crippen molar-refractivity contribution in [3.8, 4) is 5.75 Å². The van der Waals surface area contributed by atoms with Gasteiger partial charge >= 0.3 is 0 Å². The molecule has 0 aromatic heterocycles. The van der Waals surface area contributed by atoms with Crippen LogP contribution in [-0.2, 0) is 6.42 Å². The Morgan fingerprint density at radius 2 is 1.89 bits per heavy atom. The first-order valence-corrected chi connectivity index (χ1v) is 6.59. The molecule has 0 saturated carbocycles. The highest BCUT2D eigenvalue weighted by Gasteiger charge is 2.06. The van der Waals surface area contributed by atoms with Gasteiger partial charge in [-0.25, -0.2) is 0 Å². The fourth-order valence-corrected chi connectivity index (χ4v) is 1.92. The summed E-state index contributed by atoms with van der Waals surface area (Å²) in [4.78, 5) is 0. The quantitative estimate of drug-likeness (QED) is 0.748. The van der Waals surface area contributed by atoms with Crippen molar-refractivity contribution in [1.82, 2.24) is 0 Å². The fourth-order valence-electron chi connectivity index (χ4n) is 1.92. The van der Waals surface area contributed by atoms with E-state index in [-0.39, 0.29) is 6.04 Å². The van der Waals surface area contributed by atoms with Crippen molar-refractivity contribution in [2.24, 2.45) is 11.7 Å². The first-order valence-electron chi connectivity index (χ1n) is 6.59. The first kappa shape index (κ1) is 14.8. The molecule has 1 atom stereocenters. The smallest absolute Gasteiger partial charge is 0.119 e. The minimum absolute atomic E-state index is 0.243. The average Bonchev–Trinajstić information content (AvgIpc) is 2.26. The molecule has 0 radical (unpaired) electrons. The van der Waals surface area contributed by atoms with E-state index in [1.165, 1.54) is 5.56 Å². The van der Waals surface area contributed by atoms with Crippen molar-refractivity contribution in [2.45, 2.75) is 39.7 Å². The van der Waals surface area contributed by atoms with Crippen molar-refractivity contribution >= 4 is 0 Å². The predicted molar refractivity (Wildman–Crippen MR) is 77.9 cm³/mol. The highest BCUT2D eigenvalue weighted by Crippen LogP contribution is 2.15. The summed E-state index contributed by atoms with van der Waals surface area (Å²) in [6.07, 6.45) is 1.99. The van der Waals surface area contributed by atoms with E-state index in [0.717, 1.165) is 24.2 Å². The van der Waals surface area contributed by atoms with Crippen molar-refractivity contribution in [3.63, 3.8) is 0 Å². The molecule has 0 amide bonds. The van der Waals surface area contributed by atoms with E-state index >= 15 is 0 Å². The van der Waals surface area contributed by atoms with Crippen LogP contribution in [0.1, 0.15) is 32.8 Å². The fraction of sp³-hybridized carbons (Fsp3) is 0.500. The van der Waals surface area contributed by atoms with Gasteiger partial charge < -0.3 is 10.5 Å². The normalized spacial score (nSPS) is 12.5. The topological polar surface area (TPSA) is 35.2 Å². The van der Waals surface area contributed by atoms with Crippen molar-refractivity contribution in [2.75, 3.05) is 6.61 Å². The molecule has 100 valence electrons. The number of hydrogen-bond acceptors (Lipinski definition) is 2. The minimum atomic E-state index is 0.243. The molecule has 1 aromatic carbocycles. The maximum Gasteiger partial charge on any atom is 0.119 e. The molecule has 0 aliphatic rings. The summed E-state index contributed by atoms with van der Waals surface area (Å²) in [5, 5.41) is 0. The van der Waals surface area contributed by atoms with Gasteiger partial charge in [-0.2, -0.15) is 0 Å². The van der Waals surface area contributed by atoms with E-state index in [1.54, 1.807) is 0 Å². The van der Waals surface area contributed by atoms with Crippen LogP contribution in [0.25, 0.3) is 0 Å². The van der Waals surface area contributed by atoms with Crippen LogP contribution in [0.5, 0.6) is 5.75 Å². The third-order valence-corrected chi connectivity index (χ3v) is 2.68. The third kappa shape index (κ3) is 5.87. The molecule has 0 spiro atoms. The Balaban J connectivity index is 2.47. The molecular formula is C16H25NO. The summed E-state index contributed by atoms with van der Waals surface area (Å²) in [6, 6.07) is 8.43. The van der Waals surface area contributed by atoms with E-state index in [1.807, 2.05) is 19.1 Å². The summed E-state index contributed by atoms with van der Waals surface area (Å²) < 4.78 is 5.56. The number of rotatable bonds is 7. The molecule has 0 saturated heterocycles. The van der Waals surface area contributed by atoms with E-state index in [9.17, 15) is 0 Å². The van der Waals surface area contributed by atoms with Crippen LogP contribution in [0.2, 0.25) is 0 Å². The SMILES string of the molecule is C=C(C)COc1ccc(CC(N)CC(C)C)cc1. The van der Waals surface area contributed by atoms with Crippen LogP contribution in [-0.4, -0.2) is 12.6 Å². The molecule has 1 aromatic rings. The van der Waals surface area contributed by atoms with Crippen LogP contribution >= 0.6 is 0 Å². The van der Waals surface area contributed by atoms with Gasteiger partial charge in [0.15, 0.2) is 0 Å². The molecule has 1 unspecified atom stereocenters. The number of benzene rings is 1. The Kier molecular flexibility index (Phi) is 5.93. The second-order valence-corrected chi connectivity index (χ2v) is 5.48. The Labute approximate surface area is 111 Å². The zero-order valence-corrected chi connectivity index (χ0v) is 11.8. The van der Waals surface area contributed by atoms with Gasteiger partial charge in [0.1, 0.15) is 12.4 Å². The standard InChI is InChI=1S/C16H25NO/c1-12(2)9-15(17)10-14-5-7-16(8-6-14)18-11-13(3)4/h5-8,12,15H,3,9-11,17H2,1-2,4H3. The van der Waals surface area contributed by atoms with Crippen LogP contribution < -0.4 is 10.5 Å². The molecule has 2 heteroatoms. The lowest BCUT2D eigenvalue weighted by Crippen LogP contribution is -2.24. The predicted octanol–water partition coefficient (Wildman–Crippen LogP) is 3.56. The first-order chi connectivity index (χ1) is 8.47. The van der Waals surface area contributed by atoms with Crippen LogP contribution in [0.4, 0.5) is 0 Å². The van der Waals surface area contributed by atoms with Gasteiger partial charge in [0.25, 0.3) is 0 Å². The molecule has 0 aliphatic heterocycles. The Morgan fingerprint density at radius 3 is 2.39 bits per heavy atom. The second-order valence-electron chi connectivity index (χ2n) is 5.48. The van der Waals surface area contributed by atoms with Crippen LogP contribution in [0, 0.1) is 5.92 Å². The zero-order valence-electron chi connectivity index (χ0n) is 11.8. The zero-order chi connectivity index (χ0) is 13.5. The Bertz CT molecular complexity index is 367. The molecule has 2 nitrogen and oxygen atoms in total. The average molecular weight is 247 g/mol. The maximum atomic E-state index is 6.10. The lowest BCUT2D eigenvalue weighted by atomic mass is 9.98. The van der Waals surface area contributed by atoms with E-state index in [4.69, 9.17) is 10.5 Å². The number of nitrogens with two attached hydrogens (primary N) is 1. The van der Waals surface area contributed by atoms with Crippen molar-refractivity contribution < 1.29 is 4.74 Å². The lowest BCUT2D eigenvalue weighted by molar-refractivity contribution is 0.352. The highest BCUT2D eigenvalue weighted by molar-refractivity contribution is 5.28. The largest absolute Gasteiger partial charge is 0.489 e. The monoisotopic (exact) mass is 247 g/mol. The van der Waals surface area contributed by atoms with Gasteiger partial charge in [-0.3, -0.25) is 0 Å². The summed E-state index contributed by atoms with van der Waals surface area (Å²) in [5.41, 5.74) is 8.40. The molecule has 0 heterocycles. The molecule has 18 heavy (non-hydrogen) atoms. The molecule has 0 aliphatic carbocycles. The second kappa shape index (κ2) is 7.22. The van der Waals surface area contributed by atoms with E-state index in [0.29, 0.717) is 12.5 Å². The van der Waals surface area contributed by atoms with E-state index in [2.05, 4.69) is 32.6 Å². The van der Waals surface area contributed by atoms with Gasteiger partial charge in [0.05, 0.1) is 0 Å². The Hall–Kier alpha value is -1.28. The highest BCUT2D eigenvalue weighted by atomic mass is 16.5. The molecule has 0 fully saturated rings. The van der Waals surface area contributed by atoms with Crippen molar-refractivity contribution in [1.29, 1.82) is 0 Å². The van der Waals surface area contributed by atoms with E-state index < -0.39 is 0 Å². The molecular weight excluding hydrogens is 222 g/mol. The third-order valence-electron chi connectivity index (χ3n) is 2.68. The number of ether oxygens (including phenoxy) is 1. The minimum Gasteiger partial charge on any atom is -0.489 e. The molecule has 0 bridgehead atoms. The van der Waals surface area contributed by atoms with Gasteiger partial charge in [-0.15, -0.1) is 0 Å². The number of hydrogen-bond donors (Lipinski definition) is 1. The van der Waals surface area contributed by atoms with Gasteiger partial charge in [0, 0.05) is 6.04 Å². The lowest BCUT2D eigenvalue weighted by Gasteiger charge is -2.14. The summed E-state index contributed by atoms with van der Waals surface area (Å²) in [5.74, 6) is 1.54. The maximum absolute atomic E-state index is 6.10. The molecule has 2 N–H and O–H groups in total.